The van der Waals surface area contributed by atoms with Gasteiger partial charge >= 0.3 is 16.8 Å². The van der Waals surface area contributed by atoms with Gasteiger partial charge in [-0.25, -0.2) is 0 Å². The monoisotopic (exact) mass is 107 g/mol. The van der Waals surface area contributed by atoms with E-state index in [2.05, 4.69) is 0 Å². The SMILES string of the molecule is O.[CH3-].[CH3-].[Co+2]. The van der Waals surface area contributed by atoms with Crippen LogP contribution in [0.1, 0.15) is 0 Å². The van der Waals surface area contributed by atoms with Crippen LogP contribution >= 0.6 is 0 Å². The molecule has 0 aromatic heterocycles. The van der Waals surface area contributed by atoms with Gasteiger partial charge in [0, 0.05) is 0 Å². The largest absolute Gasteiger partial charge is 2.00 e. The first-order valence-electron chi connectivity index (χ1n) is 0. The van der Waals surface area contributed by atoms with Crippen LogP contribution in [0.4, 0.5) is 0 Å². The molecule has 0 aliphatic heterocycles. The van der Waals surface area contributed by atoms with Gasteiger partial charge in [-0.15, -0.1) is 0 Å². The molecule has 1 radical (unpaired) electrons. The zero-order valence-electron chi connectivity index (χ0n) is 2.83. The van der Waals surface area contributed by atoms with Gasteiger partial charge in [0.15, 0.2) is 0 Å². The van der Waals surface area contributed by atoms with E-state index in [0.717, 1.165) is 0 Å². The Morgan fingerprint density at radius 1 is 0.750 bits per heavy atom. The summed E-state index contributed by atoms with van der Waals surface area (Å²) in [6.07, 6.45) is 0. The third-order valence-electron chi connectivity index (χ3n) is 0. The van der Waals surface area contributed by atoms with Gasteiger partial charge in [-0.2, -0.15) is 0 Å². The van der Waals surface area contributed by atoms with Crippen molar-refractivity contribution in [3.8, 4) is 0 Å². The molecule has 0 aliphatic rings. The molecule has 0 saturated carbocycles. The van der Waals surface area contributed by atoms with Gasteiger partial charge < -0.3 is 20.3 Å². The molecule has 4 heavy (non-hydrogen) atoms. The standard InChI is InChI=1S/2CH3.Co.H2O/h2*1H3;;1H2/q2*-1;+2;. The fraction of sp³-hybridized carbons (Fsp3) is 0. The fourth-order valence-corrected chi connectivity index (χ4v) is 0. The number of rotatable bonds is 0. The Labute approximate surface area is 37.9 Å². The van der Waals surface area contributed by atoms with Crippen LogP contribution in [-0.2, 0) is 16.8 Å². The maximum Gasteiger partial charge on any atom is 2.00 e. The summed E-state index contributed by atoms with van der Waals surface area (Å²) in [4.78, 5) is 0. The van der Waals surface area contributed by atoms with Crippen LogP contribution in [0.2, 0.25) is 0 Å². The Bertz CT molecular complexity index is 6.00. The molecule has 0 aromatic rings. The van der Waals surface area contributed by atoms with Gasteiger partial charge in [0.1, 0.15) is 0 Å². The normalized spacial score (nSPS) is 0. The Morgan fingerprint density at radius 2 is 0.750 bits per heavy atom. The molecule has 0 saturated heterocycles. The van der Waals surface area contributed by atoms with Crippen molar-refractivity contribution in [1.82, 2.24) is 0 Å². The minimum Gasteiger partial charge on any atom is -0.412 e. The van der Waals surface area contributed by atoms with Gasteiger partial charge in [-0.1, -0.05) is 0 Å². The second-order valence-electron chi connectivity index (χ2n) is 0. The molecule has 0 aliphatic carbocycles. The van der Waals surface area contributed by atoms with Crippen LogP contribution in [0.25, 0.3) is 0 Å². The summed E-state index contributed by atoms with van der Waals surface area (Å²) >= 11 is 0. The molecule has 0 spiro atoms. The number of hydrogen-bond donors (Lipinski definition) is 0. The molecule has 31 valence electrons. The van der Waals surface area contributed by atoms with Crippen molar-refractivity contribution in [3.63, 3.8) is 0 Å². The third kappa shape index (κ3) is 24.4. The molecule has 0 rings (SSSR count). The van der Waals surface area contributed by atoms with Gasteiger partial charge in [0.25, 0.3) is 0 Å². The first-order valence-corrected chi connectivity index (χ1v) is 0. The van der Waals surface area contributed by atoms with E-state index in [4.69, 9.17) is 0 Å². The minimum absolute atomic E-state index is 0. The Morgan fingerprint density at radius 3 is 0.750 bits per heavy atom. The molecule has 0 unspecified atom stereocenters. The van der Waals surface area contributed by atoms with E-state index in [-0.39, 0.29) is 37.1 Å². The van der Waals surface area contributed by atoms with Crippen molar-refractivity contribution < 1.29 is 22.3 Å². The molecule has 0 bridgehead atoms. The average molecular weight is 107 g/mol. The summed E-state index contributed by atoms with van der Waals surface area (Å²) < 4.78 is 0. The van der Waals surface area contributed by atoms with Crippen molar-refractivity contribution in [1.29, 1.82) is 0 Å². The predicted octanol–water partition coefficient (Wildman–Crippen LogP) is 0.0734. The summed E-state index contributed by atoms with van der Waals surface area (Å²) in [7, 11) is 0. The molecule has 1 nitrogen and oxygen atoms in total. The van der Waals surface area contributed by atoms with Crippen LogP contribution in [0, 0.1) is 14.9 Å². The van der Waals surface area contributed by atoms with Gasteiger partial charge in [0.2, 0.25) is 0 Å². The molecular weight excluding hydrogens is 99.0 g/mol. The second-order valence-corrected chi connectivity index (χ2v) is 0. The Balaban J connectivity index is 0. The first kappa shape index (κ1) is 247. The zero-order chi connectivity index (χ0) is 0. The van der Waals surface area contributed by atoms with E-state index in [1.165, 1.54) is 0 Å². The molecule has 0 fully saturated rings. The van der Waals surface area contributed by atoms with Gasteiger partial charge in [-0.3, -0.25) is 0 Å². The summed E-state index contributed by atoms with van der Waals surface area (Å²) in [5, 5.41) is 0. The topological polar surface area (TPSA) is 31.5 Å². The average Bonchev–Trinajstić information content (AvgIpc) is 0. The molecule has 0 aromatic carbocycles. The van der Waals surface area contributed by atoms with E-state index in [1.807, 2.05) is 0 Å². The molecule has 0 amide bonds. The van der Waals surface area contributed by atoms with Crippen LogP contribution in [0.3, 0.4) is 0 Å². The molecule has 0 heterocycles. The van der Waals surface area contributed by atoms with Crippen LogP contribution in [0.5, 0.6) is 0 Å². The van der Waals surface area contributed by atoms with Crippen molar-refractivity contribution in [2.75, 3.05) is 0 Å². The van der Waals surface area contributed by atoms with E-state index >= 15 is 0 Å². The quantitative estimate of drug-likeness (QED) is 0.392. The van der Waals surface area contributed by atoms with Crippen molar-refractivity contribution in [2.45, 2.75) is 0 Å². The summed E-state index contributed by atoms with van der Waals surface area (Å²) in [6.45, 7) is 0. The summed E-state index contributed by atoms with van der Waals surface area (Å²) in [6, 6.07) is 0. The van der Waals surface area contributed by atoms with Crippen molar-refractivity contribution in [3.05, 3.63) is 14.9 Å². The molecular formula is C2H8CoO. The third-order valence-corrected chi connectivity index (χ3v) is 0. The fourth-order valence-electron chi connectivity index (χ4n) is 0. The Kier molecular flexibility index (Phi) is 5980. The smallest absolute Gasteiger partial charge is 0.412 e. The minimum atomic E-state index is 0. The van der Waals surface area contributed by atoms with Gasteiger partial charge in [0.05, 0.1) is 0 Å². The molecule has 0 atom stereocenters. The molecule has 2 N–H and O–H groups in total. The second kappa shape index (κ2) is 96.9. The Hall–Kier alpha value is 0.466. The molecule has 2 heteroatoms. The zero-order valence-corrected chi connectivity index (χ0v) is 3.87. The summed E-state index contributed by atoms with van der Waals surface area (Å²) in [5.74, 6) is 0. The maximum absolute atomic E-state index is 0. The predicted molar refractivity (Wildman–Crippen MR) is 16.4 cm³/mol. The van der Waals surface area contributed by atoms with E-state index in [0.29, 0.717) is 0 Å². The summed E-state index contributed by atoms with van der Waals surface area (Å²) in [5.41, 5.74) is 0. The van der Waals surface area contributed by atoms with E-state index in [1.54, 1.807) is 0 Å². The van der Waals surface area contributed by atoms with E-state index < -0.39 is 0 Å². The first-order chi connectivity index (χ1) is 0. The van der Waals surface area contributed by atoms with Gasteiger partial charge in [-0.05, 0) is 0 Å². The van der Waals surface area contributed by atoms with Crippen LogP contribution in [-0.4, -0.2) is 5.48 Å². The number of hydrogen-bond acceptors (Lipinski definition) is 0. The van der Waals surface area contributed by atoms with Crippen LogP contribution in [0.15, 0.2) is 0 Å². The van der Waals surface area contributed by atoms with Crippen molar-refractivity contribution >= 4 is 0 Å². The maximum atomic E-state index is 0. The van der Waals surface area contributed by atoms with E-state index in [9.17, 15) is 0 Å². The van der Waals surface area contributed by atoms with Crippen LogP contribution < -0.4 is 0 Å². The van der Waals surface area contributed by atoms with Crippen molar-refractivity contribution in [2.24, 2.45) is 0 Å².